The molecule has 0 saturated carbocycles. The van der Waals surface area contributed by atoms with Crippen molar-refractivity contribution in [2.24, 2.45) is 0 Å². The first-order chi connectivity index (χ1) is 13.3. The highest BCUT2D eigenvalue weighted by atomic mass is 16.5. The van der Waals surface area contributed by atoms with E-state index in [0.29, 0.717) is 0 Å². The Hall–Kier alpha value is -3.32. The van der Waals surface area contributed by atoms with Gasteiger partial charge in [0.2, 0.25) is 0 Å². The van der Waals surface area contributed by atoms with Crippen molar-refractivity contribution in [2.75, 3.05) is 0 Å². The van der Waals surface area contributed by atoms with E-state index in [-0.39, 0.29) is 0 Å². The smallest absolute Gasteiger partial charge is 0.131 e. The van der Waals surface area contributed by atoms with Gasteiger partial charge in [-0.2, -0.15) is 0 Å². The van der Waals surface area contributed by atoms with Gasteiger partial charge in [-0.05, 0) is 46.5 Å². The summed E-state index contributed by atoms with van der Waals surface area (Å²) in [6.45, 7) is 7.86. The zero-order valence-corrected chi connectivity index (χ0v) is 15.3. The van der Waals surface area contributed by atoms with E-state index in [4.69, 9.17) is 4.74 Å². The fourth-order valence-electron chi connectivity index (χ4n) is 3.65. The quantitative estimate of drug-likeness (QED) is 0.333. The molecule has 0 aliphatic rings. The monoisotopic (exact) mass is 350 g/mol. The molecule has 27 heavy (non-hydrogen) atoms. The first-order valence-electron chi connectivity index (χ1n) is 9.22. The zero-order valence-electron chi connectivity index (χ0n) is 15.3. The van der Waals surface area contributed by atoms with E-state index in [2.05, 4.69) is 86.0 Å². The molecule has 0 radical (unpaired) electrons. The molecule has 1 heteroatoms. The van der Waals surface area contributed by atoms with Crippen LogP contribution in [0.4, 0.5) is 0 Å². The number of rotatable bonds is 6. The number of fused-ring (bicyclic) bond motifs is 2. The molecular formula is C26H22O. The van der Waals surface area contributed by atoms with Crippen LogP contribution in [-0.2, 0) is 12.8 Å². The summed E-state index contributed by atoms with van der Waals surface area (Å²) in [4.78, 5) is 0. The van der Waals surface area contributed by atoms with Crippen LogP contribution in [0.3, 0.4) is 0 Å². The van der Waals surface area contributed by atoms with Crippen molar-refractivity contribution in [1.82, 2.24) is 0 Å². The summed E-state index contributed by atoms with van der Waals surface area (Å²) < 4.78 is 6.47. The summed E-state index contributed by atoms with van der Waals surface area (Å²) >= 11 is 0. The van der Waals surface area contributed by atoms with Crippen LogP contribution >= 0.6 is 0 Å². The van der Waals surface area contributed by atoms with Gasteiger partial charge in [-0.15, -0.1) is 13.2 Å². The maximum absolute atomic E-state index is 6.47. The van der Waals surface area contributed by atoms with E-state index in [1.54, 1.807) is 0 Å². The van der Waals surface area contributed by atoms with Gasteiger partial charge in [-0.3, -0.25) is 0 Å². The second kappa shape index (κ2) is 7.51. The molecule has 0 aromatic heterocycles. The van der Waals surface area contributed by atoms with Crippen molar-refractivity contribution in [3.8, 4) is 11.5 Å². The largest absolute Gasteiger partial charge is 0.457 e. The molecule has 0 saturated heterocycles. The first kappa shape index (κ1) is 17.1. The molecule has 4 rings (SSSR count). The molecule has 0 unspecified atom stereocenters. The molecule has 4 aromatic rings. The van der Waals surface area contributed by atoms with Gasteiger partial charge in [0.1, 0.15) is 11.5 Å². The number of benzene rings is 4. The van der Waals surface area contributed by atoms with Crippen LogP contribution in [0.15, 0.2) is 98.1 Å². The fraction of sp³-hybridized carbons (Fsp3) is 0.0769. The van der Waals surface area contributed by atoms with Gasteiger partial charge >= 0.3 is 0 Å². The highest BCUT2D eigenvalue weighted by Crippen LogP contribution is 2.36. The minimum atomic E-state index is 0.765. The third-order valence-electron chi connectivity index (χ3n) is 4.91. The molecule has 4 aromatic carbocycles. The van der Waals surface area contributed by atoms with Gasteiger partial charge < -0.3 is 4.74 Å². The molecular weight excluding hydrogens is 328 g/mol. The Morgan fingerprint density at radius 1 is 0.593 bits per heavy atom. The molecule has 1 nitrogen and oxygen atoms in total. The summed E-state index contributed by atoms with van der Waals surface area (Å²) in [5, 5.41) is 4.85. The summed E-state index contributed by atoms with van der Waals surface area (Å²) in [5.41, 5.74) is 2.33. The van der Waals surface area contributed by atoms with Crippen LogP contribution < -0.4 is 4.74 Å². The third kappa shape index (κ3) is 3.24. The van der Waals surface area contributed by atoms with E-state index in [9.17, 15) is 0 Å². The van der Waals surface area contributed by atoms with Crippen molar-refractivity contribution in [3.05, 3.63) is 109 Å². The van der Waals surface area contributed by atoms with Crippen LogP contribution in [0.2, 0.25) is 0 Å². The summed E-state index contributed by atoms with van der Waals surface area (Å²) in [6.07, 6.45) is 5.39. The number of allylic oxidation sites excluding steroid dienone is 2. The highest BCUT2D eigenvalue weighted by molar-refractivity contribution is 5.89. The molecule has 0 heterocycles. The Morgan fingerprint density at radius 3 is 1.48 bits per heavy atom. The van der Waals surface area contributed by atoms with Gasteiger partial charge in [-0.1, -0.05) is 72.8 Å². The Labute approximate surface area is 160 Å². The van der Waals surface area contributed by atoms with E-state index < -0.39 is 0 Å². The van der Waals surface area contributed by atoms with Crippen molar-refractivity contribution in [1.29, 1.82) is 0 Å². The molecule has 0 atom stereocenters. The topological polar surface area (TPSA) is 9.23 Å². The van der Waals surface area contributed by atoms with Crippen molar-refractivity contribution in [2.45, 2.75) is 12.8 Å². The minimum absolute atomic E-state index is 0.765. The van der Waals surface area contributed by atoms with E-state index >= 15 is 0 Å². The summed E-state index contributed by atoms with van der Waals surface area (Å²) in [7, 11) is 0. The van der Waals surface area contributed by atoms with E-state index in [1.165, 1.54) is 32.7 Å². The predicted octanol–water partition coefficient (Wildman–Crippen LogP) is 7.24. The first-order valence-corrected chi connectivity index (χ1v) is 9.22. The van der Waals surface area contributed by atoms with Crippen molar-refractivity contribution in [3.63, 3.8) is 0 Å². The van der Waals surface area contributed by atoms with Crippen LogP contribution in [0.5, 0.6) is 11.5 Å². The van der Waals surface area contributed by atoms with Crippen LogP contribution in [0.25, 0.3) is 21.5 Å². The number of ether oxygens (including phenoxy) is 1. The average Bonchev–Trinajstić information content (AvgIpc) is 2.71. The number of hydrogen-bond acceptors (Lipinski definition) is 1. The minimum Gasteiger partial charge on any atom is -0.457 e. The lowest BCUT2D eigenvalue weighted by Gasteiger charge is -2.17. The van der Waals surface area contributed by atoms with Gasteiger partial charge in [-0.25, -0.2) is 0 Å². The van der Waals surface area contributed by atoms with Crippen LogP contribution in [0, 0.1) is 0 Å². The molecule has 0 aliphatic carbocycles. The lowest BCUT2D eigenvalue weighted by Crippen LogP contribution is -1.96. The normalized spacial score (nSPS) is 10.8. The standard InChI is InChI=1S/C26H22O/c1-3-9-23-21-13-7-5-11-19(21)15-17-25(23)27-26-18-16-20-12-6-8-14-22(20)24(26)10-4-2/h3-8,11-18H,1-2,9-10H2. The average molecular weight is 350 g/mol. The maximum atomic E-state index is 6.47. The van der Waals surface area contributed by atoms with Gasteiger partial charge in [0.25, 0.3) is 0 Å². The Morgan fingerprint density at radius 2 is 1.04 bits per heavy atom. The van der Waals surface area contributed by atoms with E-state index in [1.807, 2.05) is 12.2 Å². The van der Waals surface area contributed by atoms with Crippen LogP contribution in [0.1, 0.15) is 11.1 Å². The Kier molecular flexibility index (Phi) is 4.76. The molecule has 0 fully saturated rings. The van der Waals surface area contributed by atoms with Gasteiger partial charge in [0, 0.05) is 11.1 Å². The Balaban J connectivity index is 1.87. The summed E-state index contributed by atoms with van der Waals surface area (Å²) in [6, 6.07) is 25.2. The maximum Gasteiger partial charge on any atom is 0.131 e. The lowest BCUT2D eigenvalue weighted by atomic mass is 9.99. The second-order valence-electron chi connectivity index (χ2n) is 6.61. The fourth-order valence-corrected chi connectivity index (χ4v) is 3.65. The molecule has 0 aliphatic heterocycles. The lowest BCUT2D eigenvalue weighted by molar-refractivity contribution is 0.475. The molecule has 0 spiro atoms. The zero-order chi connectivity index (χ0) is 18.6. The van der Waals surface area contributed by atoms with Gasteiger partial charge in [0.15, 0.2) is 0 Å². The van der Waals surface area contributed by atoms with Crippen molar-refractivity contribution < 1.29 is 4.74 Å². The van der Waals surface area contributed by atoms with Crippen LogP contribution in [-0.4, -0.2) is 0 Å². The molecule has 0 amide bonds. The highest BCUT2D eigenvalue weighted by Gasteiger charge is 2.12. The van der Waals surface area contributed by atoms with E-state index in [0.717, 1.165) is 24.3 Å². The SMILES string of the molecule is C=CCc1c(Oc2ccc3ccccc3c2CC=C)ccc2ccccc12. The third-order valence-corrected chi connectivity index (χ3v) is 4.91. The van der Waals surface area contributed by atoms with Gasteiger partial charge in [0.05, 0.1) is 0 Å². The summed E-state index contributed by atoms with van der Waals surface area (Å²) in [5.74, 6) is 1.77. The molecule has 0 N–H and O–H groups in total. The predicted molar refractivity (Wildman–Crippen MR) is 116 cm³/mol. The number of hydrogen-bond donors (Lipinski definition) is 0. The Bertz CT molecular complexity index is 1050. The molecule has 132 valence electrons. The van der Waals surface area contributed by atoms with Crippen molar-refractivity contribution >= 4 is 21.5 Å². The molecule has 0 bridgehead atoms. The second-order valence-corrected chi connectivity index (χ2v) is 6.61.